The molecule has 31 heavy (non-hydrogen) atoms. The third-order valence-electron chi connectivity index (χ3n) is 4.87. The van der Waals surface area contributed by atoms with Gasteiger partial charge in [0.1, 0.15) is 9.71 Å². The second kappa shape index (κ2) is 7.66. The molecule has 0 atom stereocenters. The number of fused-ring (bicyclic) bond motifs is 1. The number of anilines is 2. The van der Waals surface area contributed by atoms with Gasteiger partial charge in [-0.3, -0.25) is 14.6 Å². The summed E-state index contributed by atoms with van der Waals surface area (Å²) in [5.74, 6) is -0.122. The number of rotatable bonds is 4. The Kier molecular flexibility index (Phi) is 4.68. The molecular weight excluding hydrogens is 410 g/mol. The molecule has 0 unspecified atom stereocenters. The molecule has 152 valence electrons. The van der Waals surface area contributed by atoms with E-state index >= 15 is 0 Å². The minimum atomic E-state index is -0.363. The van der Waals surface area contributed by atoms with Crippen molar-refractivity contribution in [2.45, 2.75) is 0 Å². The number of nitrogens with two attached hydrogens (primary N) is 1. The maximum atomic E-state index is 12.9. The van der Waals surface area contributed by atoms with Gasteiger partial charge in [0.05, 0.1) is 11.4 Å². The van der Waals surface area contributed by atoms with Crippen LogP contribution in [0, 0.1) is 0 Å². The Hall–Kier alpha value is -4.04. The predicted molar refractivity (Wildman–Crippen MR) is 121 cm³/mol. The summed E-state index contributed by atoms with van der Waals surface area (Å²) in [7, 11) is 1.70. The summed E-state index contributed by atoms with van der Waals surface area (Å²) in [5, 5.41) is 7.18. The highest BCUT2D eigenvalue weighted by Crippen LogP contribution is 2.41. The van der Waals surface area contributed by atoms with Crippen LogP contribution in [0.3, 0.4) is 0 Å². The number of thiophene rings is 1. The molecule has 8 heteroatoms. The largest absolute Gasteiger partial charge is 0.397 e. The second-order valence-corrected chi connectivity index (χ2v) is 8.01. The van der Waals surface area contributed by atoms with Crippen LogP contribution in [0.15, 0.2) is 77.4 Å². The minimum Gasteiger partial charge on any atom is -0.397 e. The summed E-state index contributed by atoms with van der Waals surface area (Å²) in [6, 6.07) is 21.9. The molecule has 0 fully saturated rings. The molecule has 5 aromatic rings. The number of benzene rings is 2. The first-order valence-corrected chi connectivity index (χ1v) is 10.4. The Morgan fingerprint density at radius 1 is 1.06 bits per heavy atom. The number of carbonyl (C=O) groups is 1. The number of carbonyl (C=O) groups excluding carboxylic acids is 1. The van der Waals surface area contributed by atoms with E-state index in [1.807, 2.05) is 66.7 Å². The van der Waals surface area contributed by atoms with Gasteiger partial charge < -0.3 is 5.73 Å². The third kappa shape index (κ3) is 3.53. The first kappa shape index (κ1) is 19.0. The van der Waals surface area contributed by atoms with Gasteiger partial charge in [0.2, 0.25) is 0 Å². The van der Waals surface area contributed by atoms with Crippen LogP contribution in [-0.2, 0) is 7.05 Å². The number of hydrogen-bond donors (Lipinski definition) is 2. The maximum absolute atomic E-state index is 12.9. The molecule has 7 nitrogen and oxygen atoms in total. The van der Waals surface area contributed by atoms with Crippen LogP contribution in [-0.4, -0.2) is 16.2 Å². The fourth-order valence-corrected chi connectivity index (χ4v) is 4.46. The Bertz CT molecular complexity index is 1390. The van der Waals surface area contributed by atoms with Crippen molar-refractivity contribution in [3.8, 4) is 22.4 Å². The van der Waals surface area contributed by atoms with Crippen molar-refractivity contribution in [3.63, 3.8) is 0 Å². The number of amides is 1. The number of nitrogens with zero attached hydrogens (tertiary/aromatic N) is 3. The highest BCUT2D eigenvalue weighted by Gasteiger charge is 2.23. The summed E-state index contributed by atoms with van der Waals surface area (Å²) in [6.07, 6.45) is 1.57. The van der Waals surface area contributed by atoms with Gasteiger partial charge in [0, 0.05) is 10.9 Å². The Labute approximate surface area is 181 Å². The van der Waals surface area contributed by atoms with Gasteiger partial charge in [-0.2, -0.15) is 0 Å². The summed E-state index contributed by atoms with van der Waals surface area (Å²) < 4.78 is 6.53. The third-order valence-corrected chi connectivity index (χ3v) is 5.97. The highest BCUT2D eigenvalue weighted by atomic mass is 32.1. The second-order valence-electron chi connectivity index (χ2n) is 7.01. The molecule has 0 aliphatic carbocycles. The van der Waals surface area contributed by atoms with Crippen LogP contribution in [0.1, 0.15) is 9.67 Å². The zero-order valence-electron chi connectivity index (χ0n) is 16.6. The molecule has 3 aromatic heterocycles. The molecule has 2 aromatic carbocycles. The molecule has 0 aliphatic rings. The minimum absolute atomic E-state index is 0.241. The number of nitrogens with one attached hydrogen (secondary N) is 1. The molecule has 1 amide bonds. The Morgan fingerprint density at radius 2 is 1.74 bits per heavy atom. The summed E-state index contributed by atoms with van der Waals surface area (Å²) in [6.45, 7) is 0. The highest BCUT2D eigenvalue weighted by molar-refractivity contribution is 7.21. The van der Waals surface area contributed by atoms with E-state index in [0.29, 0.717) is 15.4 Å². The molecule has 0 saturated heterocycles. The number of aromatic nitrogens is 3. The molecule has 5 rings (SSSR count). The molecule has 0 radical (unpaired) electrons. The van der Waals surface area contributed by atoms with E-state index in [1.54, 1.807) is 13.2 Å². The predicted octanol–water partition coefficient (Wildman–Crippen LogP) is 4.28. The Morgan fingerprint density at radius 3 is 2.39 bits per heavy atom. The number of aryl methyl sites for hydroxylation is 1. The SMILES string of the molecule is C[n+]1cc(NC(=O)c2sc3nc(-c4ccccc4)cc(-c4ccccc4)c3c2N)on1. The normalized spacial score (nSPS) is 11.0. The van der Waals surface area contributed by atoms with Crippen molar-refractivity contribution < 1.29 is 14.0 Å². The number of nitrogen functional groups attached to an aromatic ring is 1. The lowest BCUT2D eigenvalue weighted by Gasteiger charge is -2.09. The van der Waals surface area contributed by atoms with Crippen LogP contribution < -0.4 is 15.7 Å². The van der Waals surface area contributed by atoms with Gasteiger partial charge in [-0.25, -0.2) is 4.98 Å². The zero-order valence-corrected chi connectivity index (χ0v) is 17.4. The smallest absolute Gasteiger partial charge is 0.302 e. The monoisotopic (exact) mass is 428 g/mol. The van der Waals surface area contributed by atoms with E-state index in [0.717, 1.165) is 27.8 Å². The summed E-state index contributed by atoms with van der Waals surface area (Å²) in [4.78, 5) is 18.8. The molecule has 3 heterocycles. The molecular formula is C23H18N5O2S+. The topological polar surface area (TPSA) is 97.9 Å². The van der Waals surface area contributed by atoms with Crippen molar-refractivity contribution in [3.05, 3.63) is 77.8 Å². The fourth-order valence-electron chi connectivity index (χ4n) is 3.44. The van der Waals surface area contributed by atoms with Gasteiger partial charge in [-0.15, -0.1) is 11.3 Å². The number of pyridine rings is 1. The van der Waals surface area contributed by atoms with E-state index < -0.39 is 0 Å². The maximum Gasteiger partial charge on any atom is 0.302 e. The average molecular weight is 428 g/mol. The first-order valence-electron chi connectivity index (χ1n) is 9.58. The summed E-state index contributed by atoms with van der Waals surface area (Å²) in [5.41, 5.74) is 10.6. The van der Waals surface area contributed by atoms with Gasteiger partial charge >= 0.3 is 5.88 Å². The van der Waals surface area contributed by atoms with Crippen LogP contribution >= 0.6 is 11.3 Å². The lowest BCUT2D eigenvalue weighted by molar-refractivity contribution is -0.739. The van der Waals surface area contributed by atoms with Crippen LogP contribution in [0.25, 0.3) is 32.6 Å². The van der Waals surface area contributed by atoms with E-state index in [2.05, 4.69) is 10.6 Å². The molecule has 0 bridgehead atoms. The van der Waals surface area contributed by atoms with Gasteiger partial charge in [-0.1, -0.05) is 65.3 Å². The lowest BCUT2D eigenvalue weighted by atomic mass is 9.99. The van der Waals surface area contributed by atoms with E-state index in [9.17, 15) is 4.79 Å². The molecule has 0 saturated carbocycles. The van der Waals surface area contributed by atoms with E-state index in [4.69, 9.17) is 15.2 Å². The van der Waals surface area contributed by atoms with Crippen molar-refractivity contribution in [1.82, 2.24) is 10.3 Å². The van der Waals surface area contributed by atoms with Gasteiger partial charge in [0.15, 0.2) is 12.3 Å². The van der Waals surface area contributed by atoms with Gasteiger partial charge in [-0.05, 0) is 17.2 Å². The van der Waals surface area contributed by atoms with Crippen molar-refractivity contribution in [2.75, 3.05) is 11.1 Å². The Balaban J connectivity index is 1.68. The number of hydrogen-bond acceptors (Lipinski definition) is 6. The van der Waals surface area contributed by atoms with E-state index in [-0.39, 0.29) is 11.8 Å². The van der Waals surface area contributed by atoms with Crippen molar-refractivity contribution in [2.24, 2.45) is 7.05 Å². The van der Waals surface area contributed by atoms with Crippen molar-refractivity contribution in [1.29, 1.82) is 0 Å². The fraction of sp³-hybridized carbons (Fsp3) is 0.0435. The van der Waals surface area contributed by atoms with Crippen LogP contribution in [0.5, 0.6) is 0 Å². The average Bonchev–Trinajstić information content (AvgIpc) is 3.37. The van der Waals surface area contributed by atoms with Crippen LogP contribution in [0.2, 0.25) is 0 Å². The van der Waals surface area contributed by atoms with Gasteiger partial charge in [0.25, 0.3) is 12.1 Å². The lowest BCUT2D eigenvalue weighted by Crippen LogP contribution is -2.28. The van der Waals surface area contributed by atoms with Crippen molar-refractivity contribution >= 4 is 39.0 Å². The van der Waals surface area contributed by atoms with E-state index in [1.165, 1.54) is 16.0 Å². The van der Waals surface area contributed by atoms with Crippen LogP contribution in [0.4, 0.5) is 11.6 Å². The molecule has 3 N–H and O–H groups in total. The molecule has 0 aliphatic heterocycles. The quantitative estimate of drug-likeness (QED) is 0.417. The summed E-state index contributed by atoms with van der Waals surface area (Å²) >= 11 is 1.26. The molecule has 0 spiro atoms. The zero-order chi connectivity index (χ0) is 21.4. The first-order chi connectivity index (χ1) is 15.1. The standard InChI is InChI=1S/C23H17N5O2S/c1-28-13-18(30-27-28)26-22(29)21-20(24)19-16(14-8-4-2-5-9-14)12-17(25-23(19)31-21)15-10-6-3-7-11-15/h2-13H,1H3,(H2-,24,26,27,29)/p+1.